The molecule has 1 atom stereocenters. The van der Waals surface area contributed by atoms with Gasteiger partial charge in [0.1, 0.15) is 6.17 Å². The molecule has 1 aromatic heterocycles. The summed E-state index contributed by atoms with van der Waals surface area (Å²) in [5, 5.41) is 3.61. The Morgan fingerprint density at radius 3 is 2.04 bits per heavy atom. The third-order valence-corrected chi connectivity index (χ3v) is 8.67. The molecule has 4 nitrogen and oxygen atoms in total. The molecule has 0 bridgehead atoms. The summed E-state index contributed by atoms with van der Waals surface area (Å²) < 4.78 is 0. The summed E-state index contributed by atoms with van der Waals surface area (Å²) in [6.45, 7) is 24.8. The molecule has 0 spiro atoms. The number of hydrogen-bond donors (Lipinski definition) is 1. The van der Waals surface area contributed by atoms with Gasteiger partial charge in [-0.3, -0.25) is 4.99 Å². The maximum absolute atomic E-state index is 5.17. The summed E-state index contributed by atoms with van der Waals surface area (Å²) >= 11 is 0. The molecule has 4 heteroatoms. The van der Waals surface area contributed by atoms with Crippen molar-refractivity contribution in [2.45, 2.75) is 61.6 Å². The van der Waals surface area contributed by atoms with Crippen LogP contribution >= 0.6 is 0 Å². The van der Waals surface area contributed by atoms with Crippen molar-refractivity contribution >= 4 is 23.1 Å². The van der Waals surface area contributed by atoms with E-state index in [-0.39, 0.29) is 6.17 Å². The van der Waals surface area contributed by atoms with Crippen LogP contribution in [0.2, 0.25) is 0 Å². The van der Waals surface area contributed by atoms with Crippen molar-refractivity contribution in [1.29, 1.82) is 0 Å². The summed E-state index contributed by atoms with van der Waals surface area (Å²) in [4.78, 5) is 15.4. The van der Waals surface area contributed by atoms with Crippen LogP contribution in [0.4, 0.5) is 0 Å². The molecule has 52 heavy (non-hydrogen) atoms. The van der Waals surface area contributed by atoms with Gasteiger partial charge >= 0.3 is 0 Å². The maximum atomic E-state index is 5.17. The molecule has 264 valence electrons. The number of hydrogen-bond acceptors (Lipinski definition) is 4. The second-order valence-electron chi connectivity index (χ2n) is 12.5. The summed E-state index contributed by atoms with van der Waals surface area (Å²) in [7, 11) is 0. The first-order chi connectivity index (χ1) is 25.2. The largest absolute Gasteiger partial charge is 0.360 e. The molecule has 0 saturated carbocycles. The highest BCUT2D eigenvalue weighted by molar-refractivity contribution is 5.99. The Kier molecular flexibility index (Phi) is 14.2. The van der Waals surface area contributed by atoms with Crippen molar-refractivity contribution < 1.29 is 0 Å². The van der Waals surface area contributed by atoms with Crippen LogP contribution in [0.3, 0.4) is 0 Å². The quantitative estimate of drug-likeness (QED) is 0.105. The molecule has 0 aliphatic heterocycles. The summed E-state index contributed by atoms with van der Waals surface area (Å²) in [5.74, 6) is 0.665. The Morgan fingerprint density at radius 2 is 1.42 bits per heavy atom. The highest BCUT2D eigenvalue weighted by atomic mass is 15.1. The lowest BCUT2D eigenvalue weighted by Gasteiger charge is -2.20. The summed E-state index contributed by atoms with van der Waals surface area (Å²) in [5.41, 5.74) is 14.3. The molecule has 0 aliphatic rings. The predicted molar refractivity (Wildman–Crippen MR) is 226 cm³/mol. The average Bonchev–Trinajstić information content (AvgIpc) is 3.17. The van der Waals surface area contributed by atoms with Crippen LogP contribution < -0.4 is 5.32 Å². The first kappa shape index (κ1) is 38.9. The topological polar surface area (TPSA) is 50.2 Å². The van der Waals surface area contributed by atoms with E-state index in [1.54, 1.807) is 6.08 Å². The molecule has 5 aromatic rings. The molecule has 0 fully saturated rings. The van der Waals surface area contributed by atoms with Crippen LogP contribution in [0.15, 0.2) is 151 Å². The van der Waals surface area contributed by atoms with Gasteiger partial charge in [-0.05, 0) is 81.0 Å². The molecule has 1 heterocycles. The predicted octanol–water partition coefficient (Wildman–Crippen LogP) is 12.8. The van der Waals surface area contributed by atoms with Gasteiger partial charge in [-0.2, -0.15) is 0 Å². The maximum Gasteiger partial charge on any atom is 0.160 e. The fourth-order valence-electron chi connectivity index (χ4n) is 5.82. The molecule has 1 unspecified atom stereocenters. The Bertz CT molecular complexity index is 2090. The minimum atomic E-state index is -0.322. The van der Waals surface area contributed by atoms with E-state index in [1.807, 2.05) is 63.2 Å². The zero-order chi connectivity index (χ0) is 37.6. The van der Waals surface area contributed by atoms with Gasteiger partial charge in [-0.25, -0.2) is 9.97 Å². The number of aliphatic imine (C=N–C) groups is 1. The third kappa shape index (κ3) is 9.67. The monoisotopic (exact) mass is 684 g/mol. The molecular formula is C48H52N4. The van der Waals surface area contributed by atoms with Crippen molar-refractivity contribution in [1.82, 2.24) is 15.3 Å². The molecule has 0 saturated heterocycles. The van der Waals surface area contributed by atoms with Crippen LogP contribution in [0.1, 0.15) is 86.8 Å². The first-order valence-electron chi connectivity index (χ1n) is 18.0. The Labute approximate surface area is 311 Å². The van der Waals surface area contributed by atoms with Gasteiger partial charge in [0, 0.05) is 28.1 Å². The van der Waals surface area contributed by atoms with E-state index in [0.29, 0.717) is 5.82 Å². The Morgan fingerprint density at radius 1 is 0.788 bits per heavy atom. The van der Waals surface area contributed by atoms with E-state index in [0.717, 1.165) is 61.8 Å². The van der Waals surface area contributed by atoms with Crippen LogP contribution in [0, 0.1) is 13.8 Å². The molecule has 5 rings (SSSR count). The van der Waals surface area contributed by atoms with Gasteiger partial charge in [0.2, 0.25) is 0 Å². The zero-order valence-electron chi connectivity index (χ0n) is 32.0. The Balaban J connectivity index is 0.00000297. The van der Waals surface area contributed by atoms with Crippen molar-refractivity contribution in [3.8, 4) is 22.6 Å². The lowest BCUT2D eigenvalue weighted by molar-refractivity contribution is 0.670. The second kappa shape index (κ2) is 18.9. The van der Waals surface area contributed by atoms with E-state index in [4.69, 9.17) is 15.0 Å². The van der Waals surface area contributed by atoms with E-state index < -0.39 is 0 Å². The normalized spacial score (nSPS) is 11.9. The van der Waals surface area contributed by atoms with Gasteiger partial charge in [0.15, 0.2) is 5.82 Å². The third-order valence-electron chi connectivity index (χ3n) is 8.67. The minimum absolute atomic E-state index is 0.322. The van der Waals surface area contributed by atoms with Gasteiger partial charge in [-0.1, -0.05) is 160 Å². The number of nitrogens with zero attached hydrogens (tertiary/aromatic N) is 3. The number of aromatic nitrogens is 2. The van der Waals surface area contributed by atoms with Crippen LogP contribution in [-0.2, 0) is 0 Å². The highest BCUT2D eigenvalue weighted by Gasteiger charge is 2.18. The standard InChI is InChI=1S/C46H46N4.C2H6/c1-9-11-23-42(31(3)4)44-33(6)43(37-19-14-12-15-20-37)49-46(50-44)39-28-26-36(27-29-39)34(7)47-45(38-21-16-13-17-22-38)48-35(8)41-25-24-32(5)40(30-41)18-10-2;1-2/h9-30,45,47H,1,7H2,2-6,8H3;1-2H3/b18-10-,23-11-,48-35+;. The van der Waals surface area contributed by atoms with Crippen LogP contribution in [0.25, 0.3) is 40.0 Å². The number of benzene rings is 4. The van der Waals surface area contributed by atoms with Crippen molar-refractivity contribution in [2.24, 2.45) is 4.99 Å². The fourth-order valence-corrected chi connectivity index (χ4v) is 5.82. The van der Waals surface area contributed by atoms with Crippen molar-refractivity contribution in [2.75, 3.05) is 0 Å². The molecule has 0 amide bonds. The molecule has 4 aromatic carbocycles. The molecule has 1 N–H and O–H groups in total. The SMILES string of the molecule is C=C/C=C\C(=C(C)C)c1nc(-c2ccc(C(=C)NC(/N=C(\C)c3ccc(C)c(/C=C\C)c3)c3ccccc3)cc2)nc(-c2ccccc2)c1C.CC. The van der Waals surface area contributed by atoms with Crippen LogP contribution in [0.5, 0.6) is 0 Å². The Hall–Kier alpha value is -5.87. The number of nitrogens with one attached hydrogen (secondary N) is 1. The number of aryl methyl sites for hydroxylation is 1. The van der Waals surface area contributed by atoms with Gasteiger partial charge in [-0.15, -0.1) is 0 Å². The first-order valence-corrected chi connectivity index (χ1v) is 18.0. The fraction of sp³-hybridized carbons (Fsp3) is 0.188. The van der Waals surface area contributed by atoms with Crippen molar-refractivity contribution in [3.63, 3.8) is 0 Å². The average molecular weight is 685 g/mol. The smallest absolute Gasteiger partial charge is 0.160 e. The number of allylic oxidation sites excluding steroid dienone is 6. The van der Waals surface area contributed by atoms with Gasteiger partial charge in [0.05, 0.1) is 11.4 Å². The molecular weight excluding hydrogens is 633 g/mol. The van der Waals surface area contributed by atoms with E-state index in [2.05, 4.69) is 138 Å². The van der Waals surface area contributed by atoms with Crippen LogP contribution in [-0.4, -0.2) is 15.7 Å². The summed E-state index contributed by atoms with van der Waals surface area (Å²) in [6, 6.07) is 35.3. The zero-order valence-corrected chi connectivity index (χ0v) is 32.0. The minimum Gasteiger partial charge on any atom is -0.360 e. The van der Waals surface area contributed by atoms with E-state index in [9.17, 15) is 0 Å². The highest BCUT2D eigenvalue weighted by Crippen LogP contribution is 2.32. The summed E-state index contributed by atoms with van der Waals surface area (Å²) in [6.07, 6.45) is 9.69. The van der Waals surface area contributed by atoms with Gasteiger partial charge < -0.3 is 5.32 Å². The molecule has 0 radical (unpaired) electrons. The van der Waals surface area contributed by atoms with Crippen molar-refractivity contribution in [3.05, 3.63) is 185 Å². The number of rotatable bonds is 12. The van der Waals surface area contributed by atoms with E-state index in [1.165, 1.54) is 16.7 Å². The lowest BCUT2D eigenvalue weighted by atomic mass is 9.97. The second-order valence-corrected chi connectivity index (χ2v) is 12.5. The van der Waals surface area contributed by atoms with E-state index >= 15 is 0 Å². The molecule has 0 aliphatic carbocycles. The lowest BCUT2D eigenvalue weighted by Crippen LogP contribution is -2.19. The van der Waals surface area contributed by atoms with Gasteiger partial charge in [0.25, 0.3) is 0 Å².